The zero-order valence-electron chi connectivity index (χ0n) is 19.7. The van der Waals surface area contributed by atoms with Crippen LogP contribution < -0.4 is 25.2 Å². The lowest BCUT2D eigenvalue weighted by Gasteiger charge is -2.42. The summed E-state index contributed by atoms with van der Waals surface area (Å²) < 4.78 is 40.0. The predicted molar refractivity (Wildman–Crippen MR) is 133 cm³/mol. The fraction of sp³-hybridized carbons (Fsp3) is 0.333. The van der Waals surface area contributed by atoms with Gasteiger partial charge in [0.15, 0.2) is 5.82 Å². The number of aromatic nitrogens is 2. The Morgan fingerprint density at radius 1 is 1.22 bits per heavy atom. The van der Waals surface area contributed by atoms with Crippen LogP contribution in [-0.4, -0.2) is 73.2 Å². The SMILES string of the molecule is COc1ccc2ncc(F)c(N3CC(NCC4CN(c5cc6c(cc5F)SCC(=O)N6)C(=O)O4)C3)c2n1. The van der Waals surface area contributed by atoms with Crippen LogP contribution in [0.25, 0.3) is 11.0 Å². The molecule has 0 aliphatic carbocycles. The lowest BCUT2D eigenvalue weighted by molar-refractivity contribution is -0.113. The Bertz CT molecular complexity index is 1420. The van der Waals surface area contributed by atoms with Crippen molar-refractivity contribution in [1.29, 1.82) is 0 Å². The number of rotatable bonds is 6. The summed E-state index contributed by atoms with van der Waals surface area (Å²) in [5, 5.41) is 6.04. The van der Waals surface area contributed by atoms with Crippen LogP contribution in [0.1, 0.15) is 0 Å². The summed E-state index contributed by atoms with van der Waals surface area (Å²) in [4.78, 5) is 36.4. The molecule has 3 aliphatic rings. The molecule has 0 radical (unpaired) electrons. The maximum absolute atomic E-state index is 14.8. The van der Waals surface area contributed by atoms with E-state index in [4.69, 9.17) is 9.47 Å². The average Bonchev–Trinajstić information content (AvgIpc) is 3.23. The van der Waals surface area contributed by atoms with E-state index in [-0.39, 0.29) is 29.9 Å². The highest BCUT2D eigenvalue weighted by Gasteiger charge is 2.37. The second-order valence-corrected chi connectivity index (χ2v) is 9.96. The standard InChI is InChI=1S/C24H22F2N6O4S/c1-35-21-3-2-16-22(30-21)23(15(26)7-28-16)31-8-12(9-31)27-6-13-10-32(24(34)36-13)18-5-17-19(4-14(18)25)37-11-20(33)29-17/h2-5,7,12-13,27H,6,8-11H2,1H3,(H,29,33). The van der Waals surface area contributed by atoms with Gasteiger partial charge in [0.25, 0.3) is 0 Å². The summed E-state index contributed by atoms with van der Waals surface area (Å²) in [5.74, 6) is -0.600. The van der Waals surface area contributed by atoms with E-state index in [0.29, 0.717) is 52.8 Å². The third kappa shape index (κ3) is 4.37. The molecule has 3 aromatic rings. The molecular formula is C24H22F2N6O4S. The number of carbonyl (C=O) groups is 2. The highest BCUT2D eigenvalue weighted by atomic mass is 32.2. The summed E-state index contributed by atoms with van der Waals surface area (Å²) in [6, 6.07) is 6.23. The lowest BCUT2D eigenvalue weighted by Crippen LogP contribution is -2.59. The normalized spacial score (nSPS) is 19.5. The summed E-state index contributed by atoms with van der Waals surface area (Å²) in [7, 11) is 1.50. The van der Waals surface area contributed by atoms with Gasteiger partial charge < -0.3 is 25.0 Å². The Labute approximate surface area is 214 Å². The first-order chi connectivity index (χ1) is 17.9. The van der Waals surface area contributed by atoms with Gasteiger partial charge in [-0.2, -0.15) is 0 Å². The van der Waals surface area contributed by atoms with Crippen molar-refractivity contribution in [2.75, 3.05) is 54.2 Å². The highest BCUT2D eigenvalue weighted by Crippen LogP contribution is 2.37. The second kappa shape index (κ2) is 9.30. The van der Waals surface area contributed by atoms with E-state index >= 15 is 0 Å². The third-order valence-corrected chi connectivity index (χ3v) is 7.56. The quantitative estimate of drug-likeness (QED) is 0.499. The molecule has 10 nitrogen and oxygen atoms in total. The number of hydrogen-bond acceptors (Lipinski definition) is 9. The van der Waals surface area contributed by atoms with E-state index in [1.54, 1.807) is 12.1 Å². The third-order valence-electron chi connectivity index (χ3n) is 6.50. The van der Waals surface area contributed by atoms with Crippen molar-refractivity contribution >= 4 is 51.9 Å². The first-order valence-corrected chi connectivity index (χ1v) is 12.6. The number of ether oxygens (including phenoxy) is 2. The molecule has 2 amide bonds. The number of methoxy groups -OCH3 is 1. The smallest absolute Gasteiger partial charge is 0.414 e. The molecule has 13 heteroatoms. The first-order valence-electron chi connectivity index (χ1n) is 11.6. The molecule has 2 aromatic heterocycles. The molecule has 5 heterocycles. The van der Waals surface area contributed by atoms with E-state index in [0.717, 1.165) is 0 Å². The average molecular weight is 529 g/mol. The number of halogens is 2. The summed E-state index contributed by atoms with van der Waals surface area (Å²) in [6.07, 6.45) is 0.0368. The number of carbonyl (C=O) groups excluding carboxylic acids is 2. The molecule has 0 spiro atoms. The molecule has 2 N–H and O–H groups in total. The molecule has 2 fully saturated rings. The van der Waals surface area contributed by atoms with Gasteiger partial charge in [0.05, 0.1) is 42.5 Å². The molecule has 2 saturated heterocycles. The second-order valence-electron chi connectivity index (χ2n) is 8.94. The Kier molecular flexibility index (Phi) is 5.95. The maximum Gasteiger partial charge on any atom is 0.414 e. The van der Waals surface area contributed by atoms with E-state index in [2.05, 4.69) is 20.6 Å². The van der Waals surface area contributed by atoms with Crippen LogP contribution in [0.15, 0.2) is 35.4 Å². The minimum atomic E-state index is -0.652. The molecule has 0 bridgehead atoms. The van der Waals surface area contributed by atoms with Crippen molar-refractivity contribution in [3.8, 4) is 5.88 Å². The summed E-state index contributed by atoms with van der Waals surface area (Å²) in [6.45, 7) is 1.56. The molecule has 192 valence electrons. The van der Waals surface area contributed by atoms with Gasteiger partial charge in [-0.05, 0) is 18.2 Å². The Hall–Kier alpha value is -3.71. The number of fused-ring (bicyclic) bond motifs is 2. The fourth-order valence-corrected chi connectivity index (χ4v) is 5.45. The van der Waals surface area contributed by atoms with Gasteiger partial charge >= 0.3 is 6.09 Å². The van der Waals surface area contributed by atoms with Gasteiger partial charge in [0, 0.05) is 36.6 Å². The Balaban J connectivity index is 1.08. The van der Waals surface area contributed by atoms with Gasteiger partial charge in [-0.25, -0.2) is 18.6 Å². The van der Waals surface area contributed by atoms with Gasteiger partial charge in [-0.15, -0.1) is 11.8 Å². The molecule has 1 unspecified atom stereocenters. The van der Waals surface area contributed by atoms with Crippen molar-refractivity contribution in [3.05, 3.63) is 42.1 Å². The number of anilines is 3. The predicted octanol–water partition coefficient (Wildman–Crippen LogP) is 2.76. The molecule has 37 heavy (non-hydrogen) atoms. The number of nitrogens with one attached hydrogen (secondary N) is 2. The monoisotopic (exact) mass is 528 g/mol. The van der Waals surface area contributed by atoms with Gasteiger partial charge in [-0.3, -0.25) is 14.7 Å². The number of cyclic esters (lactones) is 1. The van der Waals surface area contributed by atoms with Crippen molar-refractivity contribution < 1.29 is 27.8 Å². The topological polar surface area (TPSA) is 109 Å². The number of nitrogens with zero attached hydrogens (tertiary/aromatic N) is 4. The molecule has 1 atom stereocenters. The van der Waals surface area contributed by atoms with Crippen molar-refractivity contribution in [2.45, 2.75) is 17.0 Å². The first kappa shape index (κ1) is 23.7. The van der Waals surface area contributed by atoms with E-state index in [1.807, 2.05) is 4.90 Å². The largest absolute Gasteiger partial charge is 0.481 e. The number of pyridine rings is 2. The van der Waals surface area contributed by atoms with Crippen LogP contribution in [0.5, 0.6) is 5.88 Å². The number of benzene rings is 1. The van der Waals surface area contributed by atoms with E-state index in [9.17, 15) is 18.4 Å². The van der Waals surface area contributed by atoms with Crippen molar-refractivity contribution in [3.63, 3.8) is 0 Å². The molecule has 1 aromatic carbocycles. The Morgan fingerprint density at radius 3 is 2.86 bits per heavy atom. The van der Waals surface area contributed by atoms with Gasteiger partial charge in [0.2, 0.25) is 11.8 Å². The van der Waals surface area contributed by atoms with Gasteiger partial charge in [-0.1, -0.05) is 0 Å². The van der Waals surface area contributed by atoms with E-state index < -0.39 is 23.8 Å². The summed E-state index contributed by atoms with van der Waals surface area (Å²) >= 11 is 1.25. The minimum absolute atomic E-state index is 0.0358. The van der Waals surface area contributed by atoms with Crippen molar-refractivity contribution in [2.24, 2.45) is 0 Å². The maximum atomic E-state index is 14.8. The number of thioether (sulfide) groups is 1. The Morgan fingerprint density at radius 2 is 2.05 bits per heavy atom. The van der Waals surface area contributed by atoms with Gasteiger partial charge in [0.1, 0.15) is 23.1 Å². The fourth-order valence-electron chi connectivity index (χ4n) is 4.64. The van der Waals surface area contributed by atoms with Crippen molar-refractivity contribution in [1.82, 2.24) is 15.3 Å². The zero-order chi connectivity index (χ0) is 25.7. The van der Waals surface area contributed by atoms with Crippen LogP contribution in [0.4, 0.5) is 30.6 Å². The summed E-state index contributed by atoms with van der Waals surface area (Å²) in [5.41, 5.74) is 1.91. The van der Waals surface area contributed by atoms with Crippen LogP contribution in [0.3, 0.4) is 0 Å². The molecule has 6 rings (SSSR count). The minimum Gasteiger partial charge on any atom is -0.481 e. The molecular weight excluding hydrogens is 506 g/mol. The number of amides is 2. The highest BCUT2D eigenvalue weighted by molar-refractivity contribution is 8.00. The number of hydrogen-bond donors (Lipinski definition) is 2. The van der Waals surface area contributed by atoms with Crippen LogP contribution in [0.2, 0.25) is 0 Å². The van der Waals surface area contributed by atoms with E-state index in [1.165, 1.54) is 42.1 Å². The zero-order valence-corrected chi connectivity index (χ0v) is 20.5. The lowest BCUT2D eigenvalue weighted by atomic mass is 10.1. The molecule has 3 aliphatic heterocycles. The van der Waals surface area contributed by atoms with Crippen LogP contribution in [0, 0.1) is 11.6 Å². The molecule has 0 saturated carbocycles. The van der Waals surface area contributed by atoms with Crippen LogP contribution >= 0.6 is 11.8 Å². The van der Waals surface area contributed by atoms with Crippen LogP contribution in [-0.2, 0) is 9.53 Å².